The van der Waals surface area contributed by atoms with Crippen LogP contribution >= 0.6 is 0 Å². The van der Waals surface area contributed by atoms with Crippen molar-refractivity contribution in [2.75, 3.05) is 145 Å². The van der Waals surface area contributed by atoms with Crippen molar-refractivity contribution in [3.63, 3.8) is 0 Å². The first-order valence-electron chi connectivity index (χ1n) is 25.2. The van der Waals surface area contributed by atoms with Gasteiger partial charge in [-0.3, -0.25) is 0 Å². The van der Waals surface area contributed by atoms with Crippen molar-refractivity contribution in [3.05, 3.63) is 0 Å². The van der Waals surface area contributed by atoms with Crippen LogP contribution in [0.1, 0.15) is 398 Å². The highest BCUT2D eigenvalue weighted by molar-refractivity contribution is 4.52. The smallest absolute Gasteiger partial charge is 0.0781 e. The van der Waals surface area contributed by atoms with Gasteiger partial charge in [-0.2, -0.15) is 0 Å². The first kappa shape index (κ1) is 248. The highest BCUT2D eigenvalue weighted by Gasteiger charge is 2.06. The molecule has 3 N–H and O–H groups in total. The van der Waals surface area contributed by atoms with Gasteiger partial charge in [0.25, 0.3) is 0 Å². The van der Waals surface area contributed by atoms with E-state index in [2.05, 4.69) is 20.8 Å². The molecule has 0 aliphatic rings. The summed E-state index contributed by atoms with van der Waals surface area (Å²) in [4.78, 5) is 0. The molecule has 0 fully saturated rings. The summed E-state index contributed by atoms with van der Waals surface area (Å²) in [5.74, 6) is 0. The number of unbranched alkanes of at least 4 members (excludes halogenated alkanes) is 11. The van der Waals surface area contributed by atoms with Gasteiger partial charge in [0.2, 0.25) is 0 Å². The quantitative estimate of drug-likeness (QED) is 0.0491. The van der Waals surface area contributed by atoms with Crippen molar-refractivity contribution >= 4 is 0 Å². The van der Waals surface area contributed by atoms with E-state index in [1.807, 2.05) is 27.7 Å². The second-order valence-electron chi connectivity index (χ2n) is 16.1. The van der Waals surface area contributed by atoms with Crippen molar-refractivity contribution in [1.29, 1.82) is 0 Å². The largest absolute Gasteiger partial charge is 0.394 e. The highest BCUT2D eigenvalue weighted by Crippen LogP contribution is 2.06. The van der Waals surface area contributed by atoms with Gasteiger partial charge in [0.1, 0.15) is 0 Å². The zero-order chi connectivity index (χ0) is 47.8. The number of rotatable bonds is 50. The van der Waals surface area contributed by atoms with Gasteiger partial charge in [-0.1, -0.05) is 344 Å². The molecular formula is C83H240O15. The molecule has 0 bridgehead atoms. The van der Waals surface area contributed by atoms with E-state index in [4.69, 9.17) is 72.2 Å². The Labute approximate surface area is 643 Å². The third-order valence-corrected chi connectivity index (χ3v) is 9.06. The van der Waals surface area contributed by atoms with E-state index in [0.29, 0.717) is 112 Å². The summed E-state index contributed by atoms with van der Waals surface area (Å²) in [6.07, 6.45) is 17.4. The molecule has 0 aliphatic heterocycles. The van der Waals surface area contributed by atoms with Gasteiger partial charge in [-0.15, -0.1) is 0 Å². The molecule has 0 amide bonds. The van der Waals surface area contributed by atoms with Crippen molar-refractivity contribution in [2.24, 2.45) is 0 Å². The molecule has 0 saturated carbocycles. The lowest BCUT2D eigenvalue weighted by atomic mass is 10.1. The van der Waals surface area contributed by atoms with Gasteiger partial charge < -0.3 is 72.2 Å². The van der Waals surface area contributed by atoms with Gasteiger partial charge in [-0.25, -0.2) is 0 Å². The molecule has 15 heteroatoms. The number of ether oxygens (including phenoxy) is 12. The molecule has 15 nitrogen and oxygen atoms in total. The third-order valence-electron chi connectivity index (χ3n) is 9.06. The fraction of sp³-hybridized carbons (Fsp3) is 1.00. The van der Waals surface area contributed by atoms with Crippen LogP contribution in [-0.2, 0) is 56.8 Å². The topological polar surface area (TPSA) is 171 Å². The van der Waals surface area contributed by atoms with Crippen LogP contribution in [-0.4, -0.2) is 191 Å². The molecule has 5 unspecified atom stereocenters. The van der Waals surface area contributed by atoms with Crippen LogP contribution in [0.5, 0.6) is 0 Å². The molecule has 0 spiro atoms. The van der Waals surface area contributed by atoms with Crippen molar-refractivity contribution in [3.8, 4) is 0 Å². The Morgan fingerprint density at radius 2 is 0.367 bits per heavy atom. The fourth-order valence-electron chi connectivity index (χ4n) is 5.44. The van der Waals surface area contributed by atoms with Crippen molar-refractivity contribution < 1.29 is 72.2 Å². The summed E-state index contributed by atoms with van der Waals surface area (Å²) in [6, 6.07) is 0. The summed E-state index contributed by atoms with van der Waals surface area (Å²) in [5, 5.41) is 26.2. The zero-order valence-corrected chi connectivity index (χ0v) is 42.6. The first-order chi connectivity index (χ1) is 31.2. The SMILES string of the molecule is C.C.C.C.C.C.C.C.C.C.C.C.C.C.C.C.C.C.C.C.C.C.C.C.C.C.C.C.C.C.C.C.C.C.CCCCCCCCOCCOCC(C)O.CCCCCCCCOCCOCC(C)OCCOCC(C)OCCO.CCCCOCCOCC(C)OCCOCC(C)OCCO. The molecule has 0 heterocycles. The molecular weight excluding hydrogens is 1240 g/mol. The molecule has 0 radical (unpaired) electrons. The van der Waals surface area contributed by atoms with Gasteiger partial charge in [0.15, 0.2) is 0 Å². The van der Waals surface area contributed by atoms with Crippen LogP contribution in [0.4, 0.5) is 0 Å². The molecule has 0 aromatic rings. The van der Waals surface area contributed by atoms with E-state index in [1.54, 1.807) is 6.92 Å². The zero-order valence-electron chi connectivity index (χ0n) is 42.6. The van der Waals surface area contributed by atoms with E-state index in [0.717, 1.165) is 45.5 Å². The summed E-state index contributed by atoms with van der Waals surface area (Å²) in [5.41, 5.74) is 0. The molecule has 0 saturated heterocycles. The maximum absolute atomic E-state index is 8.93. The number of hydrogen-bond donors (Lipinski definition) is 3. The van der Waals surface area contributed by atoms with E-state index in [9.17, 15) is 0 Å². The Bertz CT molecular complexity index is 812. The Balaban J connectivity index is -0.0000000141. The first-order valence-corrected chi connectivity index (χ1v) is 25.2. The minimum Gasteiger partial charge on any atom is -0.394 e. The lowest BCUT2D eigenvalue weighted by Crippen LogP contribution is -2.22. The normalized spacial score (nSPS) is 8.97. The second kappa shape index (κ2) is 225. The average Bonchev–Trinajstić information content (AvgIpc) is 3.28. The number of hydrogen-bond acceptors (Lipinski definition) is 15. The molecule has 0 aromatic heterocycles. The second-order valence-corrected chi connectivity index (χ2v) is 16.1. The standard InChI is InChI=1S/C20H42O6.C16H34O6.C13H28O3.34CH4/c1-4-5-6-7-8-9-11-22-13-14-23-18-20(3)26-16-15-24-17-19(2)25-12-10-21;1-4-5-7-18-9-10-19-14-16(3)22-12-11-20-13-15(2)21-8-6-17;1-3-4-5-6-7-8-9-15-10-11-16-12-13(2)14;;;;;;;;;;;;;;;;;;;;;;;;;;;;;;;;;;/h19-21H,4-18H2,1-3H3;15-17H,4-14H2,1-3H3;13-14H,3-12H2,1-2H3;34*1H4. The molecule has 0 aromatic carbocycles. The summed E-state index contributed by atoms with van der Waals surface area (Å²) >= 11 is 0. The molecule has 5 atom stereocenters. The Kier molecular flexibility index (Phi) is 570. The minimum atomic E-state index is -0.376. The molecule has 662 valence electrons. The summed E-state index contributed by atoms with van der Waals surface area (Å²) in [6.45, 7) is 27.8. The minimum absolute atomic E-state index is 0. The van der Waals surface area contributed by atoms with Crippen LogP contribution in [0.2, 0.25) is 0 Å². The third kappa shape index (κ3) is 249. The summed E-state index contributed by atoms with van der Waals surface area (Å²) < 4.78 is 65.3. The highest BCUT2D eigenvalue weighted by atomic mass is 16.6. The predicted molar refractivity (Wildman–Crippen MR) is 485 cm³/mol. The maximum atomic E-state index is 8.93. The molecule has 98 heavy (non-hydrogen) atoms. The van der Waals surface area contributed by atoms with Gasteiger partial charge in [-0.05, 0) is 53.9 Å². The Morgan fingerprint density at radius 1 is 0.194 bits per heavy atom. The lowest BCUT2D eigenvalue weighted by molar-refractivity contribution is -0.0573. The van der Waals surface area contributed by atoms with Crippen LogP contribution in [0.15, 0.2) is 0 Å². The van der Waals surface area contributed by atoms with E-state index >= 15 is 0 Å². The average molecular weight is 1480 g/mol. The summed E-state index contributed by atoms with van der Waals surface area (Å²) in [7, 11) is 0. The van der Waals surface area contributed by atoms with E-state index < -0.39 is 0 Å². The monoisotopic (exact) mass is 1480 g/mol. The maximum Gasteiger partial charge on any atom is 0.0781 e. The van der Waals surface area contributed by atoms with Gasteiger partial charge in [0, 0.05) is 19.8 Å². The van der Waals surface area contributed by atoms with Crippen LogP contribution in [0.25, 0.3) is 0 Å². The molecule has 0 aliphatic carbocycles. The Hall–Kier alpha value is -0.600. The fourth-order valence-corrected chi connectivity index (χ4v) is 5.44. The van der Waals surface area contributed by atoms with Gasteiger partial charge in [0.05, 0.1) is 156 Å². The van der Waals surface area contributed by atoms with E-state index in [-0.39, 0.29) is 296 Å². The van der Waals surface area contributed by atoms with Crippen molar-refractivity contribution in [1.82, 2.24) is 0 Å². The van der Waals surface area contributed by atoms with E-state index in [1.165, 1.54) is 64.2 Å². The predicted octanol–water partition coefficient (Wildman–Crippen LogP) is 29.2. The van der Waals surface area contributed by atoms with Crippen LogP contribution in [0.3, 0.4) is 0 Å². The van der Waals surface area contributed by atoms with Crippen molar-refractivity contribution in [2.45, 2.75) is 428 Å². The van der Waals surface area contributed by atoms with Gasteiger partial charge >= 0.3 is 0 Å². The van der Waals surface area contributed by atoms with Crippen LogP contribution < -0.4 is 0 Å². The van der Waals surface area contributed by atoms with Crippen LogP contribution in [0, 0.1) is 0 Å². The lowest BCUT2D eigenvalue weighted by Gasteiger charge is -2.15. The molecule has 0 rings (SSSR count). The number of aliphatic hydroxyl groups excluding tert-OH is 3. The number of aliphatic hydroxyl groups is 3. The Morgan fingerprint density at radius 3 is 0.582 bits per heavy atom.